The number of methoxy groups -OCH3 is 2. The summed E-state index contributed by atoms with van der Waals surface area (Å²) < 4.78 is 10.5. The number of nitrogens with one attached hydrogen (secondary N) is 1. The summed E-state index contributed by atoms with van der Waals surface area (Å²) >= 11 is 0. The number of hydrogen-bond acceptors (Lipinski definition) is 5. The number of anilines is 1. The first kappa shape index (κ1) is 19.3. The van der Waals surface area contributed by atoms with E-state index < -0.39 is 5.91 Å². The Hall–Kier alpha value is -3.06. The highest BCUT2D eigenvalue weighted by molar-refractivity contribution is 6.03. The van der Waals surface area contributed by atoms with Gasteiger partial charge in [0.2, 0.25) is 5.91 Å². The summed E-state index contributed by atoms with van der Waals surface area (Å²) in [5.74, 6) is 0.471. The maximum atomic E-state index is 12.3. The Morgan fingerprint density at radius 2 is 1.77 bits per heavy atom. The first-order chi connectivity index (χ1) is 12.4. The summed E-state index contributed by atoms with van der Waals surface area (Å²) in [4.78, 5) is 25.5. The second-order valence-corrected chi connectivity index (χ2v) is 5.82. The highest BCUT2D eigenvalue weighted by atomic mass is 16.5. The summed E-state index contributed by atoms with van der Waals surface area (Å²) in [6.07, 6.45) is 0. The van der Waals surface area contributed by atoms with Gasteiger partial charge in [-0.2, -0.15) is 0 Å². The van der Waals surface area contributed by atoms with Crippen molar-refractivity contribution in [3.05, 3.63) is 53.6 Å². The molecule has 0 aliphatic carbocycles. The molecule has 2 aromatic carbocycles. The van der Waals surface area contributed by atoms with Crippen molar-refractivity contribution in [1.82, 2.24) is 4.90 Å². The maximum Gasteiger partial charge on any atom is 0.250 e. The third kappa shape index (κ3) is 4.97. The average molecular weight is 357 g/mol. The third-order valence-electron chi connectivity index (χ3n) is 3.78. The molecule has 3 N–H and O–H groups in total. The number of nitrogens with two attached hydrogens (primary N) is 1. The Kier molecular flexibility index (Phi) is 6.57. The van der Waals surface area contributed by atoms with E-state index in [4.69, 9.17) is 15.2 Å². The molecule has 2 rings (SSSR count). The Bertz CT molecular complexity index is 792. The lowest BCUT2D eigenvalue weighted by Gasteiger charge is -2.18. The predicted octanol–water partition coefficient (Wildman–Crippen LogP) is 1.87. The molecular weight excluding hydrogens is 334 g/mol. The van der Waals surface area contributed by atoms with Crippen molar-refractivity contribution in [1.29, 1.82) is 0 Å². The minimum absolute atomic E-state index is 0.154. The van der Waals surface area contributed by atoms with Crippen LogP contribution in [-0.4, -0.2) is 44.5 Å². The number of primary amides is 1. The Morgan fingerprint density at radius 3 is 2.42 bits per heavy atom. The van der Waals surface area contributed by atoms with Crippen LogP contribution in [0.2, 0.25) is 0 Å². The van der Waals surface area contributed by atoms with Crippen LogP contribution in [0.25, 0.3) is 0 Å². The molecule has 26 heavy (non-hydrogen) atoms. The van der Waals surface area contributed by atoms with E-state index >= 15 is 0 Å². The zero-order chi connectivity index (χ0) is 19.1. The number of rotatable bonds is 8. The van der Waals surface area contributed by atoms with Gasteiger partial charge in [0, 0.05) is 6.54 Å². The Labute approximate surface area is 152 Å². The van der Waals surface area contributed by atoms with Gasteiger partial charge in [0.15, 0.2) is 11.5 Å². The van der Waals surface area contributed by atoms with Crippen molar-refractivity contribution in [2.45, 2.75) is 6.54 Å². The molecule has 0 saturated heterocycles. The van der Waals surface area contributed by atoms with Crippen LogP contribution in [0.15, 0.2) is 42.5 Å². The van der Waals surface area contributed by atoms with Crippen LogP contribution in [0.5, 0.6) is 11.5 Å². The summed E-state index contributed by atoms with van der Waals surface area (Å²) in [7, 11) is 4.99. The zero-order valence-electron chi connectivity index (χ0n) is 15.1. The lowest BCUT2D eigenvalue weighted by molar-refractivity contribution is -0.117. The van der Waals surface area contributed by atoms with Gasteiger partial charge in [-0.3, -0.25) is 14.5 Å². The number of hydrogen-bond donors (Lipinski definition) is 2. The molecule has 0 heterocycles. The van der Waals surface area contributed by atoms with Crippen LogP contribution in [-0.2, 0) is 11.3 Å². The van der Waals surface area contributed by atoms with Crippen molar-refractivity contribution in [2.24, 2.45) is 5.73 Å². The number of ether oxygens (including phenoxy) is 2. The van der Waals surface area contributed by atoms with Crippen molar-refractivity contribution in [3.8, 4) is 11.5 Å². The highest BCUT2D eigenvalue weighted by Gasteiger charge is 2.13. The monoisotopic (exact) mass is 357 g/mol. The van der Waals surface area contributed by atoms with E-state index in [2.05, 4.69) is 5.32 Å². The quantitative estimate of drug-likeness (QED) is 0.752. The molecule has 0 aliphatic heterocycles. The first-order valence-corrected chi connectivity index (χ1v) is 8.02. The number of benzene rings is 2. The molecular formula is C19H23N3O4. The standard InChI is InChI=1S/C19H23N3O4/c1-22(11-13-8-9-16(25-2)17(10-13)26-3)12-18(23)21-15-7-5-4-6-14(15)19(20)24/h4-10H,11-12H2,1-3H3,(H2,20,24)(H,21,23). The van der Waals surface area contributed by atoms with Crippen LogP contribution < -0.4 is 20.5 Å². The molecule has 0 bridgehead atoms. The zero-order valence-corrected chi connectivity index (χ0v) is 15.1. The average Bonchev–Trinajstić information content (AvgIpc) is 2.61. The molecule has 2 amide bonds. The van der Waals surface area contributed by atoms with Crippen molar-refractivity contribution in [3.63, 3.8) is 0 Å². The Morgan fingerprint density at radius 1 is 1.08 bits per heavy atom. The number of nitrogens with zero attached hydrogens (tertiary/aromatic N) is 1. The fraction of sp³-hybridized carbons (Fsp3) is 0.263. The molecule has 0 radical (unpaired) electrons. The Balaban J connectivity index is 1.99. The molecule has 0 unspecified atom stereocenters. The number of likely N-dealkylation sites (N-methyl/N-ethyl adjacent to an activating group) is 1. The van der Waals surface area contributed by atoms with Crippen molar-refractivity contribution >= 4 is 17.5 Å². The van der Waals surface area contributed by atoms with Gasteiger partial charge in [-0.1, -0.05) is 18.2 Å². The van der Waals surface area contributed by atoms with E-state index in [0.717, 1.165) is 5.56 Å². The molecule has 0 saturated carbocycles. The molecule has 0 aliphatic rings. The van der Waals surface area contributed by atoms with Gasteiger partial charge in [-0.05, 0) is 36.9 Å². The topological polar surface area (TPSA) is 93.9 Å². The molecule has 0 atom stereocenters. The molecule has 0 fully saturated rings. The summed E-state index contributed by atoms with van der Waals surface area (Å²) in [5.41, 5.74) is 6.99. The first-order valence-electron chi connectivity index (χ1n) is 8.02. The molecule has 0 spiro atoms. The van der Waals surface area contributed by atoms with Crippen LogP contribution in [0.3, 0.4) is 0 Å². The van der Waals surface area contributed by atoms with E-state index in [0.29, 0.717) is 23.7 Å². The van der Waals surface area contributed by atoms with Crippen LogP contribution in [0.4, 0.5) is 5.69 Å². The fourth-order valence-electron chi connectivity index (χ4n) is 2.59. The van der Waals surface area contributed by atoms with Gasteiger partial charge in [0.05, 0.1) is 32.0 Å². The smallest absolute Gasteiger partial charge is 0.250 e. The molecule has 2 aromatic rings. The second kappa shape index (κ2) is 8.87. The van der Waals surface area contributed by atoms with E-state index in [1.54, 1.807) is 38.5 Å². The number of para-hydroxylation sites is 1. The van der Waals surface area contributed by atoms with Crippen LogP contribution >= 0.6 is 0 Å². The molecule has 7 heteroatoms. The maximum absolute atomic E-state index is 12.3. The SMILES string of the molecule is COc1ccc(CN(C)CC(=O)Nc2ccccc2C(N)=O)cc1OC. The number of carbonyl (C=O) groups is 2. The van der Waals surface area contributed by atoms with Crippen molar-refractivity contribution in [2.75, 3.05) is 33.1 Å². The third-order valence-corrected chi connectivity index (χ3v) is 3.78. The van der Waals surface area contributed by atoms with Gasteiger partial charge in [0.25, 0.3) is 5.91 Å². The minimum atomic E-state index is -0.584. The van der Waals surface area contributed by atoms with Crippen LogP contribution in [0.1, 0.15) is 15.9 Å². The van der Waals surface area contributed by atoms with Gasteiger partial charge in [-0.25, -0.2) is 0 Å². The summed E-state index contributed by atoms with van der Waals surface area (Å²) in [5, 5.41) is 2.72. The van der Waals surface area contributed by atoms with E-state index in [-0.39, 0.29) is 18.0 Å². The van der Waals surface area contributed by atoms with Crippen molar-refractivity contribution < 1.29 is 19.1 Å². The van der Waals surface area contributed by atoms with Gasteiger partial charge >= 0.3 is 0 Å². The fourth-order valence-corrected chi connectivity index (χ4v) is 2.59. The van der Waals surface area contributed by atoms with Gasteiger partial charge < -0.3 is 20.5 Å². The number of amides is 2. The lowest BCUT2D eigenvalue weighted by atomic mass is 10.1. The highest BCUT2D eigenvalue weighted by Crippen LogP contribution is 2.27. The van der Waals surface area contributed by atoms with Gasteiger partial charge in [-0.15, -0.1) is 0 Å². The summed E-state index contributed by atoms with van der Waals surface area (Å²) in [6, 6.07) is 12.3. The van der Waals surface area contributed by atoms with Gasteiger partial charge in [0.1, 0.15) is 0 Å². The second-order valence-electron chi connectivity index (χ2n) is 5.82. The lowest BCUT2D eigenvalue weighted by Crippen LogP contribution is -2.30. The van der Waals surface area contributed by atoms with Crippen LogP contribution in [0, 0.1) is 0 Å². The largest absolute Gasteiger partial charge is 0.493 e. The molecule has 7 nitrogen and oxygen atoms in total. The van der Waals surface area contributed by atoms with E-state index in [9.17, 15) is 9.59 Å². The van der Waals surface area contributed by atoms with E-state index in [1.165, 1.54) is 0 Å². The summed E-state index contributed by atoms with van der Waals surface area (Å²) in [6.45, 7) is 0.701. The van der Waals surface area contributed by atoms with E-state index in [1.807, 2.05) is 30.1 Å². The minimum Gasteiger partial charge on any atom is -0.493 e. The molecule has 0 aromatic heterocycles. The predicted molar refractivity (Wildman–Crippen MR) is 99.5 cm³/mol. The normalized spacial score (nSPS) is 10.5. The molecule has 138 valence electrons. The number of carbonyl (C=O) groups excluding carboxylic acids is 2.